The van der Waals surface area contributed by atoms with Crippen molar-refractivity contribution >= 4 is 11.9 Å². The first-order chi connectivity index (χ1) is 8.01. The highest BCUT2D eigenvalue weighted by molar-refractivity contribution is 5.82. The van der Waals surface area contributed by atoms with Gasteiger partial charge in [-0.3, -0.25) is 9.59 Å². The summed E-state index contributed by atoms with van der Waals surface area (Å²) in [4.78, 5) is 24.5. The number of ether oxygens (including phenoxy) is 2. The van der Waals surface area contributed by atoms with Gasteiger partial charge in [0.15, 0.2) is 0 Å². The van der Waals surface area contributed by atoms with Crippen LogP contribution in [0.1, 0.15) is 20.3 Å². The molecule has 0 aliphatic rings. The molecule has 100 valence electrons. The number of carbonyl (C=O) groups excluding carboxylic acids is 2. The Morgan fingerprint density at radius 3 is 2.53 bits per heavy atom. The summed E-state index contributed by atoms with van der Waals surface area (Å²) in [7, 11) is 1.54. The van der Waals surface area contributed by atoms with Crippen molar-refractivity contribution in [3.63, 3.8) is 0 Å². The molecular weight excluding hydrogens is 224 g/mol. The molecule has 6 nitrogen and oxygen atoms in total. The van der Waals surface area contributed by atoms with Gasteiger partial charge in [0.2, 0.25) is 5.91 Å². The number of rotatable bonds is 8. The van der Waals surface area contributed by atoms with Gasteiger partial charge in [-0.25, -0.2) is 0 Å². The van der Waals surface area contributed by atoms with E-state index < -0.39 is 5.97 Å². The van der Waals surface area contributed by atoms with Gasteiger partial charge in [0, 0.05) is 26.1 Å². The molecule has 0 saturated heterocycles. The number of hydrogen-bond donors (Lipinski definition) is 1. The molecule has 0 spiro atoms. The predicted octanol–water partition coefficient (Wildman–Crippen LogP) is -0.238. The van der Waals surface area contributed by atoms with Gasteiger partial charge in [-0.15, -0.1) is 0 Å². The van der Waals surface area contributed by atoms with Crippen molar-refractivity contribution in [1.29, 1.82) is 0 Å². The summed E-state index contributed by atoms with van der Waals surface area (Å²) >= 11 is 0. The standard InChI is InChI=1S/C11H22N2O4/c1-4-17-11(15)8-13(5-6-16-3)10(14)7-9(2)12/h9H,4-8,12H2,1-3H3. The molecule has 0 aromatic carbocycles. The largest absolute Gasteiger partial charge is 0.465 e. The van der Waals surface area contributed by atoms with Crippen LogP contribution < -0.4 is 5.73 Å². The molecular formula is C11H22N2O4. The van der Waals surface area contributed by atoms with Gasteiger partial charge in [-0.2, -0.15) is 0 Å². The van der Waals surface area contributed by atoms with Crippen molar-refractivity contribution in [1.82, 2.24) is 4.90 Å². The van der Waals surface area contributed by atoms with E-state index in [1.807, 2.05) is 0 Å². The van der Waals surface area contributed by atoms with E-state index in [0.29, 0.717) is 19.8 Å². The zero-order chi connectivity index (χ0) is 13.3. The van der Waals surface area contributed by atoms with Gasteiger partial charge in [-0.05, 0) is 13.8 Å². The monoisotopic (exact) mass is 246 g/mol. The van der Waals surface area contributed by atoms with E-state index in [1.165, 1.54) is 4.90 Å². The van der Waals surface area contributed by atoms with E-state index in [4.69, 9.17) is 15.2 Å². The lowest BCUT2D eigenvalue weighted by Crippen LogP contribution is -2.40. The minimum Gasteiger partial charge on any atom is -0.465 e. The molecule has 1 unspecified atom stereocenters. The zero-order valence-corrected chi connectivity index (χ0v) is 10.8. The van der Waals surface area contributed by atoms with Crippen LogP contribution in [-0.4, -0.2) is 56.2 Å². The van der Waals surface area contributed by atoms with E-state index in [-0.39, 0.29) is 24.9 Å². The highest BCUT2D eigenvalue weighted by Crippen LogP contribution is 1.98. The Morgan fingerprint density at radius 2 is 2.06 bits per heavy atom. The molecule has 0 aliphatic heterocycles. The van der Waals surface area contributed by atoms with Crippen molar-refractivity contribution in [2.45, 2.75) is 26.3 Å². The van der Waals surface area contributed by atoms with Crippen molar-refractivity contribution < 1.29 is 19.1 Å². The Bertz CT molecular complexity index is 244. The van der Waals surface area contributed by atoms with Gasteiger partial charge in [0.25, 0.3) is 0 Å². The number of hydrogen-bond acceptors (Lipinski definition) is 5. The Kier molecular flexibility index (Phi) is 8.35. The maximum atomic E-state index is 11.8. The van der Waals surface area contributed by atoms with Crippen LogP contribution in [0, 0.1) is 0 Å². The first-order valence-electron chi connectivity index (χ1n) is 5.69. The number of nitrogens with two attached hydrogens (primary N) is 1. The summed E-state index contributed by atoms with van der Waals surface area (Å²) in [6.45, 7) is 4.46. The van der Waals surface area contributed by atoms with Gasteiger partial charge < -0.3 is 20.1 Å². The van der Waals surface area contributed by atoms with Crippen LogP contribution in [0.5, 0.6) is 0 Å². The molecule has 0 bridgehead atoms. The number of methoxy groups -OCH3 is 1. The predicted molar refractivity (Wildman–Crippen MR) is 63.4 cm³/mol. The minimum absolute atomic E-state index is 0.0528. The van der Waals surface area contributed by atoms with E-state index >= 15 is 0 Å². The molecule has 1 amide bonds. The summed E-state index contributed by atoms with van der Waals surface area (Å²) in [5.74, 6) is -0.577. The SMILES string of the molecule is CCOC(=O)CN(CCOC)C(=O)CC(C)N. The summed E-state index contributed by atoms with van der Waals surface area (Å²) < 4.78 is 9.69. The lowest BCUT2D eigenvalue weighted by Gasteiger charge is -2.22. The molecule has 0 aliphatic carbocycles. The lowest BCUT2D eigenvalue weighted by molar-refractivity contribution is -0.149. The van der Waals surface area contributed by atoms with Crippen LogP contribution in [0.25, 0.3) is 0 Å². The van der Waals surface area contributed by atoms with Crippen LogP contribution in [0.15, 0.2) is 0 Å². The Labute approximate surface area is 102 Å². The second-order valence-electron chi connectivity index (χ2n) is 3.79. The van der Waals surface area contributed by atoms with E-state index in [1.54, 1.807) is 21.0 Å². The average molecular weight is 246 g/mol. The van der Waals surface area contributed by atoms with Crippen LogP contribution >= 0.6 is 0 Å². The number of carbonyl (C=O) groups is 2. The molecule has 0 radical (unpaired) electrons. The van der Waals surface area contributed by atoms with Gasteiger partial charge in [0.1, 0.15) is 6.54 Å². The molecule has 0 aromatic rings. The van der Waals surface area contributed by atoms with Gasteiger partial charge in [-0.1, -0.05) is 0 Å². The molecule has 0 fully saturated rings. The van der Waals surface area contributed by atoms with Crippen molar-refractivity contribution in [3.05, 3.63) is 0 Å². The zero-order valence-electron chi connectivity index (χ0n) is 10.8. The Morgan fingerprint density at radius 1 is 1.41 bits per heavy atom. The van der Waals surface area contributed by atoms with Crippen LogP contribution in [0.2, 0.25) is 0 Å². The molecule has 17 heavy (non-hydrogen) atoms. The van der Waals surface area contributed by atoms with Gasteiger partial charge >= 0.3 is 5.97 Å². The molecule has 6 heteroatoms. The fraction of sp³-hybridized carbons (Fsp3) is 0.818. The topological polar surface area (TPSA) is 81.9 Å². The molecule has 1 atom stereocenters. The summed E-state index contributed by atoms with van der Waals surface area (Å²) in [6, 6.07) is -0.227. The number of esters is 1. The highest BCUT2D eigenvalue weighted by atomic mass is 16.5. The summed E-state index contributed by atoms with van der Waals surface area (Å²) in [5.41, 5.74) is 5.55. The van der Waals surface area contributed by atoms with Crippen molar-refractivity contribution in [2.24, 2.45) is 5.73 Å². The Balaban J connectivity index is 4.30. The first-order valence-corrected chi connectivity index (χ1v) is 5.69. The minimum atomic E-state index is -0.415. The fourth-order valence-corrected chi connectivity index (χ4v) is 1.26. The molecule has 0 rings (SSSR count). The molecule has 0 heterocycles. The number of amides is 1. The smallest absolute Gasteiger partial charge is 0.325 e. The highest BCUT2D eigenvalue weighted by Gasteiger charge is 2.18. The van der Waals surface area contributed by atoms with E-state index in [2.05, 4.69) is 0 Å². The number of nitrogens with zero attached hydrogens (tertiary/aromatic N) is 1. The van der Waals surface area contributed by atoms with E-state index in [0.717, 1.165) is 0 Å². The van der Waals surface area contributed by atoms with Crippen molar-refractivity contribution in [3.8, 4) is 0 Å². The third kappa shape index (κ3) is 7.70. The Hall–Kier alpha value is -1.14. The second kappa shape index (κ2) is 8.95. The molecule has 0 saturated carbocycles. The summed E-state index contributed by atoms with van der Waals surface area (Å²) in [5, 5.41) is 0. The second-order valence-corrected chi connectivity index (χ2v) is 3.79. The summed E-state index contributed by atoms with van der Waals surface area (Å²) in [6.07, 6.45) is 0.211. The van der Waals surface area contributed by atoms with Crippen LogP contribution in [0.4, 0.5) is 0 Å². The lowest BCUT2D eigenvalue weighted by atomic mass is 10.2. The third-order valence-corrected chi connectivity index (χ3v) is 2.04. The van der Waals surface area contributed by atoms with Gasteiger partial charge in [0.05, 0.1) is 13.2 Å². The first kappa shape index (κ1) is 15.9. The molecule has 0 aromatic heterocycles. The maximum absolute atomic E-state index is 11.8. The fourth-order valence-electron chi connectivity index (χ4n) is 1.26. The molecule has 2 N–H and O–H groups in total. The third-order valence-electron chi connectivity index (χ3n) is 2.04. The maximum Gasteiger partial charge on any atom is 0.325 e. The van der Waals surface area contributed by atoms with Crippen LogP contribution in [-0.2, 0) is 19.1 Å². The quantitative estimate of drug-likeness (QED) is 0.598. The normalized spacial score (nSPS) is 12.0. The van der Waals surface area contributed by atoms with E-state index in [9.17, 15) is 9.59 Å². The average Bonchev–Trinajstić information content (AvgIpc) is 2.23. The van der Waals surface area contributed by atoms with Crippen LogP contribution in [0.3, 0.4) is 0 Å². The van der Waals surface area contributed by atoms with Crippen molar-refractivity contribution in [2.75, 3.05) is 33.4 Å².